The highest BCUT2D eigenvalue weighted by Crippen LogP contribution is 2.58. The summed E-state index contributed by atoms with van der Waals surface area (Å²) in [6.45, 7) is 0.956. The molecule has 1 saturated carbocycles. The summed E-state index contributed by atoms with van der Waals surface area (Å²) in [5.41, 5.74) is -3.46. The molecule has 22 heavy (non-hydrogen) atoms. The largest absolute Gasteiger partial charge is 0.393 e. The van der Waals surface area contributed by atoms with Gasteiger partial charge in [0.15, 0.2) is 12.1 Å². The Bertz CT molecular complexity index is 549. The van der Waals surface area contributed by atoms with Crippen molar-refractivity contribution >= 4 is 5.96 Å². The maximum absolute atomic E-state index is 10.7. The van der Waals surface area contributed by atoms with Crippen LogP contribution in [0.25, 0.3) is 0 Å². The topological polar surface area (TPSA) is 168 Å². The summed E-state index contributed by atoms with van der Waals surface area (Å²) < 4.78 is 10.5. The lowest BCUT2D eigenvalue weighted by Gasteiger charge is -2.72. The lowest BCUT2D eigenvalue weighted by molar-refractivity contribution is -0.546. The van der Waals surface area contributed by atoms with Crippen molar-refractivity contribution in [3.8, 4) is 0 Å². The molecule has 4 unspecified atom stereocenters. The monoisotopic (exact) mass is 317 g/mol. The minimum Gasteiger partial charge on any atom is -0.393 e. The van der Waals surface area contributed by atoms with Crippen molar-refractivity contribution in [1.82, 2.24) is 10.6 Å². The summed E-state index contributed by atoms with van der Waals surface area (Å²) in [6.07, 6.45) is -5.61. The molecule has 4 heterocycles. The van der Waals surface area contributed by atoms with Crippen LogP contribution in [0.4, 0.5) is 0 Å². The van der Waals surface area contributed by atoms with Crippen LogP contribution in [0.15, 0.2) is 0 Å². The van der Waals surface area contributed by atoms with Gasteiger partial charge in [-0.15, -0.1) is 0 Å². The molecule has 4 bridgehead atoms. The number of hydrogen-bond donors (Lipinski definition) is 8. The first kappa shape index (κ1) is 14.6. The van der Waals surface area contributed by atoms with Gasteiger partial charge in [-0.3, -0.25) is 5.41 Å². The van der Waals surface area contributed by atoms with Crippen molar-refractivity contribution in [3.63, 3.8) is 0 Å². The Balaban J connectivity index is 1.93. The third-order valence-corrected chi connectivity index (χ3v) is 5.53. The highest BCUT2D eigenvalue weighted by atomic mass is 16.9. The Kier molecular flexibility index (Phi) is 2.58. The predicted octanol–water partition coefficient (Wildman–Crippen LogP) is -4.24. The van der Waals surface area contributed by atoms with Crippen LogP contribution in [0.3, 0.4) is 0 Å². The molecule has 124 valence electrons. The molecule has 5 fully saturated rings. The average Bonchev–Trinajstić information content (AvgIpc) is 2.45. The third-order valence-electron chi connectivity index (χ3n) is 5.53. The summed E-state index contributed by atoms with van der Waals surface area (Å²) in [5.74, 6) is -3.26. The molecule has 10 heteroatoms. The first-order valence-corrected chi connectivity index (χ1v) is 7.11. The highest BCUT2D eigenvalue weighted by molar-refractivity contribution is 5.79. The second-order valence-electron chi connectivity index (χ2n) is 6.60. The van der Waals surface area contributed by atoms with Crippen molar-refractivity contribution in [2.75, 3.05) is 6.61 Å². The second-order valence-corrected chi connectivity index (χ2v) is 6.60. The van der Waals surface area contributed by atoms with Gasteiger partial charge in [-0.1, -0.05) is 0 Å². The molecule has 5 aliphatic rings. The Hall–Kier alpha value is -1.01. The lowest BCUT2D eigenvalue weighted by Crippen LogP contribution is -2.96. The number of nitrogens with one attached hydrogen (secondary N) is 3. The molecule has 1 spiro atoms. The summed E-state index contributed by atoms with van der Waals surface area (Å²) in [4.78, 5) is 0. The molecule has 8 N–H and O–H groups in total. The molecule has 4 saturated heterocycles. The number of aliphatic hydroxyl groups is 5. The van der Waals surface area contributed by atoms with Gasteiger partial charge in [-0.2, -0.15) is 0 Å². The van der Waals surface area contributed by atoms with Gasteiger partial charge in [0.1, 0.15) is 29.5 Å². The fourth-order valence-corrected chi connectivity index (χ4v) is 4.60. The van der Waals surface area contributed by atoms with Crippen molar-refractivity contribution in [2.24, 2.45) is 5.92 Å². The van der Waals surface area contributed by atoms with Crippen LogP contribution in [0.5, 0.6) is 0 Å². The number of rotatable bonds is 1. The minimum absolute atomic E-state index is 0.125. The van der Waals surface area contributed by atoms with Crippen molar-refractivity contribution in [3.05, 3.63) is 0 Å². The molecule has 9 atom stereocenters. The van der Waals surface area contributed by atoms with Crippen LogP contribution in [0.1, 0.15) is 6.92 Å². The fraction of sp³-hybridized carbons (Fsp3) is 0.917. The van der Waals surface area contributed by atoms with E-state index in [9.17, 15) is 25.5 Å². The molecule has 0 aromatic carbocycles. The number of hydrogen-bond acceptors (Lipinski definition) is 8. The summed E-state index contributed by atoms with van der Waals surface area (Å²) in [6, 6.07) is -0.468. The van der Waals surface area contributed by atoms with Crippen molar-refractivity contribution < 1.29 is 35.0 Å². The molecule has 0 aromatic rings. The SMILES string of the molecule is CC1NC(=N)N[C@@]23C(O)C4OC(O)(O[C@@H]([C@H]12)[C@@]4(O)CO)[C@H]3O. The van der Waals surface area contributed by atoms with E-state index in [2.05, 4.69) is 10.6 Å². The van der Waals surface area contributed by atoms with Gasteiger partial charge >= 0.3 is 5.97 Å². The van der Waals surface area contributed by atoms with Crippen LogP contribution in [0, 0.1) is 11.3 Å². The van der Waals surface area contributed by atoms with Crippen LogP contribution >= 0.6 is 0 Å². The first-order chi connectivity index (χ1) is 10.2. The Labute approximate surface area is 125 Å². The molecular formula is C12H19N3O7. The van der Waals surface area contributed by atoms with E-state index in [0.29, 0.717) is 0 Å². The average molecular weight is 317 g/mol. The Morgan fingerprint density at radius 2 is 1.86 bits per heavy atom. The van der Waals surface area contributed by atoms with Crippen LogP contribution in [-0.2, 0) is 9.47 Å². The normalized spacial score (nSPS) is 62.4. The Morgan fingerprint density at radius 1 is 1.23 bits per heavy atom. The maximum atomic E-state index is 10.7. The zero-order valence-corrected chi connectivity index (χ0v) is 11.7. The van der Waals surface area contributed by atoms with Gasteiger partial charge in [-0.05, 0) is 6.92 Å². The van der Waals surface area contributed by atoms with Gasteiger partial charge in [0.05, 0.1) is 6.61 Å². The molecular weight excluding hydrogens is 298 g/mol. The number of guanidine groups is 1. The predicted molar refractivity (Wildman–Crippen MR) is 68.4 cm³/mol. The van der Waals surface area contributed by atoms with Gasteiger partial charge in [0.25, 0.3) is 0 Å². The van der Waals surface area contributed by atoms with Gasteiger partial charge in [0, 0.05) is 12.0 Å². The summed E-state index contributed by atoms with van der Waals surface area (Å²) >= 11 is 0. The molecule has 5 rings (SSSR count). The lowest BCUT2D eigenvalue weighted by atomic mass is 9.53. The van der Waals surface area contributed by atoms with E-state index < -0.39 is 60.1 Å². The summed E-state index contributed by atoms with van der Waals surface area (Å²) in [7, 11) is 0. The molecule has 10 nitrogen and oxygen atoms in total. The minimum atomic E-state index is -2.42. The first-order valence-electron chi connectivity index (χ1n) is 7.11. The second kappa shape index (κ2) is 3.90. The van der Waals surface area contributed by atoms with E-state index in [-0.39, 0.29) is 5.96 Å². The maximum Gasteiger partial charge on any atom is 0.311 e. The van der Waals surface area contributed by atoms with E-state index in [1.165, 1.54) is 0 Å². The number of aliphatic hydroxyl groups excluding tert-OH is 3. The van der Waals surface area contributed by atoms with E-state index in [4.69, 9.17) is 14.9 Å². The molecule has 0 aromatic heterocycles. The molecule has 0 radical (unpaired) electrons. The highest BCUT2D eigenvalue weighted by Gasteiger charge is 2.82. The molecule has 0 amide bonds. The van der Waals surface area contributed by atoms with Crippen LogP contribution < -0.4 is 10.6 Å². The van der Waals surface area contributed by atoms with Gasteiger partial charge < -0.3 is 45.6 Å². The van der Waals surface area contributed by atoms with E-state index >= 15 is 0 Å². The zero-order valence-electron chi connectivity index (χ0n) is 11.7. The van der Waals surface area contributed by atoms with Crippen LogP contribution in [-0.4, -0.2) is 85.7 Å². The summed E-state index contributed by atoms with van der Waals surface area (Å²) in [5, 5.41) is 65.3. The zero-order chi connectivity index (χ0) is 16.1. The molecule has 4 aliphatic heterocycles. The van der Waals surface area contributed by atoms with Crippen molar-refractivity contribution in [2.45, 2.75) is 54.5 Å². The van der Waals surface area contributed by atoms with Crippen molar-refractivity contribution in [1.29, 1.82) is 5.41 Å². The Morgan fingerprint density at radius 3 is 2.50 bits per heavy atom. The van der Waals surface area contributed by atoms with Crippen LogP contribution in [0.2, 0.25) is 0 Å². The van der Waals surface area contributed by atoms with Gasteiger partial charge in [-0.25, -0.2) is 0 Å². The van der Waals surface area contributed by atoms with E-state index in [1.807, 2.05) is 0 Å². The quantitative estimate of drug-likeness (QED) is 0.239. The van der Waals surface area contributed by atoms with E-state index in [1.54, 1.807) is 6.92 Å². The smallest absolute Gasteiger partial charge is 0.311 e. The standard InChI is InChI=1S/C12H19N3O7/c1-3-4-6-10(19,2-16)7-5(17)11(4,15-9(13)14-3)8(18)12(20,21-6)22-7/h3-8,16-20H,2H2,1H3,(H3,13,14,15)/t3?,4-,5?,6-,7?,8-,10-,11+,12?/m0/s1. The number of ether oxygens (including phenoxy) is 2. The molecule has 1 aliphatic carbocycles. The van der Waals surface area contributed by atoms with Gasteiger partial charge in [0.2, 0.25) is 0 Å². The third kappa shape index (κ3) is 1.29. The van der Waals surface area contributed by atoms with E-state index in [0.717, 1.165) is 0 Å². The fourth-order valence-electron chi connectivity index (χ4n) is 4.60.